The Bertz CT molecular complexity index is 1020. The summed E-state index contributed by atoms with van der Waals surface area (Å²) in [5.74, 6) is 1.62. The number of ether oxygens (including phenoxy) is 1. The minimum Gasteiger partial charge on any atom is -0.379 e. The third-order valence-corrected chi connectivity index (χ3v) is 6.91. The van der Waals surface area contributed by atoms with Gasteiger partial charge in [0, 0.05) is 24.5 Å². The second kappa shape index (κ2) is 8.34. The average molecular weight is 413 g/mol. The van der Waals surface area contributed by atoms with Crippen LogP contribution in [0, 0.1) is 5.82 Å². The van der Waals surface area contributed by atoms with Gasteiger partial charge in [0.2, 0.25) is 0 Å². The SMILES string of the molecule is Fc1ccccc1CCNc1nc(CN2CCOCC2)nc2sc3c(c12)CCC3. The molecule has 5 rings (SSSR count). The number of hydrogen-bond acceptors (Lipinski definition) is 6. The smallest absolute Gasteiger partial charge is 0.146 e. The van der Waals surface area contributed by atoms with Gasteiger partial charge in [0.25, 0.3) is 0 Å². The summed E-state index contributed by atoms with van der Waals surface area (Å²) in [6.07, 6.45) is 4.08. The Morgan fingerprint density at radius 2 is 2.00 bits per heavy atom. The normalized spacial score (nSPS) is 17.0. The largest absolute Gasteiger partial charge is 0.379 e. The molecule has 3 aromatic rings. The van der Waals surface area contributed by atoms with Crippen LogP contribution in [0.5, 0.6) is 0 Å². The lowest BCUT2D eigenvalue weighted by atomic mass is 10.1. The van der Waals surface area contributed by atoms with Crippen LogP contribution < -0.4 is 5.32 Å². The van der Waals surface area contributed by atoms with E-state index in [0.29, 0.717) is 13.0 Å². The minimum absolute atomic E-state index is 0.147. The lowest BCUT2D eigenvalue weighted by molar-refractivity contribution is 0.0331. The molecule has 1 fully saturated rings. The highest BCUT2D eigenvalue weighted by Gasteiger charge is 2.23. The van der Waals surface area contributed by atoms with Crippen molar-refractivity contribution >= 4 is 27.4 Å². The molecule has 1 aliphatic carbocycles. The Kier molecular flexibility index (Phi) is 5.44. The van der Waals surface area contributed by atoms with Crippen LogP contribution in [0.2, 0.25) is 0 Å². The summed E-state index contributed by atoms with van der Waals surface area (Å²) in [6.45, 7) is 4.75. The van der Waals surface area contributed by atoms with E-state index >= 15 is 0 Å². The van der Waals surface area contributed by atoms with Crippen molar-refractivity contribution in [3.8, 4) is 0 Å². The zero-order valence-corrected chi connectivity index (χ0v) is 17.2. The van der Waals surface area contributed by atoms with Gasteiger partial charge in [-0.2, -0.15) is 0 Å². The monoisotopic (exact) mass is 412 g/mol. The standard InChI is InChI=1S/C22H25FN4OS/c23-17-6-2-1-4-15(17)8-9-24-21-20-16-5-3-7-18(16)29-22(20)26-19(25-21)14-27-10-12-28-13-11-27/h1-2,4,6H,3,5,7-14H2,(H,24,25,26). The van der Waals surface area contributed by atoms with E-state index < -0.39 is 0 Å². The van der Waals surface area contributed by atoms with Gasteiger partial charge in [-0.3, -0.25) is 4.90 Å². The summed E-state index contributed by atoms with van der Waals surface area (Å²) in [6, 6.07) is 6.98. The van der Waals surface area contributed by atoms with Crippen LogP contribution >= 0.6 is 11.3 Å². The van der Waals surface area contributed by atoms with Crippen molar-refractivity contribution in [2.75, 3.05) is 38.2 Å². The minimum atomic E-state index is -0.147. The fraction of sp³-hybridized carbons (Fsp3) is 0.455. The molecule has 0 atom stereocenters. The van der Waals surface area contributed by atoms with Gasteiger partial charge in [-0.1, -0.05) is 18.2 Å². The fourth-order valence-electron chi connectivity index (χ4n) is 4.21. The van der Waals surface area contributed by atoms with Gasteiger partial charge in [0.15, 0.2) is 0 Å². The molecule has 5 nitrogen and oxygen atoms in total. The molecule has 29 heavy (non-hydrogen) atoms. The van der Waals surface area contributed by atoms with Crippen LogP contribution in [0.4, 0.5) is 10.2 Å². The molecule has 2 aromatic heterocycles. The Morgan fingerprint density at radius 1 is 1.14 bits per heavy atom. The van der Waals surface area contributed by atoms with Gasteiger partial charge in [0.05, 0.1) is 25.1 Å². The van der Waals surface area contributed by atoms with Crippen LogP contribution in [0.3, 0.4) is 0 Å². The Labute approximate surface area is 173 Å². The number of hydrogen-bond donors (Lipinski definition) is 1. The first-order valence-corrected chi connectivity index (χ1v) is 11.2. The number of aryl methyl sites for hydroxylation is 2. The zero-order valence-electron chi connectivity index (χ0n) is 16.4. The van der Waals surface area contributed by atoms with E-state index in [-0.39, 0.29) is 5.82 Å². The predicted octanol–water partition coefficient (Wildman–Crippen LogP) is 3.81. The average Bonchev–Trinajstić information content (AvgIpc) is 3.31. The number of halogens is 1. The molecule has 1 aliphatic heterocycles. The van der Waals surface area contributed by atoms with Crippen LogP contribution in [-0.2, 0) is 30.5 Å². The number of nitrogens with zero attached hydrogens (tertiary/aromatic N) is 3. The van der Waals surface area contributed by atoms with Gasteiger partial charge in [-0.05, 0) is 42.9 Å². The van der Waals surface area contributed by atoms with Gasteiger partial charge >= 0.3 is 0 Å². The lowest BCUT2D eigenvalue weighted by Gasteiger charge is -2.25. The van der Waals surface area contributed by atoms with Crippen molar-refractivity contribution < 1.29 is 9.13 Å². The number of fused-ring (bicyclic) bond motifs is 3. The van der Waals surface area contributed by atoms with Crippen LogP contribution in [0.15, 0.2) is 24.3 Å². The maximum atomic E-state index is 14.0. The highest BCUT2D eigenvalue weighted by atomic mass is 32.1. The van der Waals surface area contributed by atoms with Crippen LogP contribution in [0.25, 0.3) is 10.2 Å². The summed E-state index contributed by atoms with van der Waals surface area (Å²) in [4.78, 5) is 14.7. The number of rotatable bonds is 6. The molecular formula is C22H25FN4OS. The molecule has 0 unspecified atom stereocenters. The predicted molar refractivity (Wildman–Crippen MR) is 114 cm³/mol. The molecule has 7 heteroatoms. The second-order valence-electron chi connectivity index (χ2n) is 7.68. The van der Waals surface area contributed by atoms with Gasteiger partial charge in [-0.15, -0.1) is 11.3 Å². The van der Waals surface area contributed by atoms with Crippen molar-refractivity contribution in [2.24, 2.45) is 0 Å². The van der Waals surface area contributed by atoms with Crippen molar-refractivity contribution in [1.82, 2.24) is 14.9 Å². The number of morpholine rings is 1. The van der Waals surface area contributed by atoms with E-state index in [1.807, 2.05) is 23.5 Å². The van der Waals surface area contributed by atoms with E-state index in [1.54, 1.807) is 6.07 Å². The number of thiophene rings is 1. The van der Waals surface area contributed by atoms with Crippen molar-refractivity contribution in [1.29, 1.82) is 0 Å². The quantitative estimate of drug-likeness (QED) is 0.667. The van der Waals surface area contributed by atoms with Gasteiger partial charge in [0.1, 0.15) is 22.3 Å². The van der Waals surface area contributed by atoms with E-state index in [4.69, 9.17) is 14.7 Å². The maximum Gasteiger partial charge on any atom is 0.146 e. The Balaban J connectivity index is 1.40. The molecule has 152 valence electrons. The highest BCUT2D eigenvalue weighted by molar-refractivity contribution is 7.19. The first-order chi connectivity index (χ1) is 14.3. The molecule has 0 amide bonds. The first-order valence-electron chi connectivity index (χ1n) is 10.4. The molecule has 3 heterocycles. The lowest BCUT2D eigenvalue weighted by Crippen LogP contribution is -2.36. The van der Waals surface area contributed by atoms with Gasteiger partial charge in [-0.25, -0.2) is 14.4 Å². The summed E-state index contributed by atoms with van der Waals surface area (Å²) in [5, 5.41) is 4.68. The third kappa shape index (κ3) is 3.99. The number of benzene rings is 1. The number of anilines is 1. The molecule has 2 aliphatic rings. The summed E-state index contributed by atoms with van der Waals surface area (Å²) >= 11 is 1.81. The Hall–Kier alpha value is -2.09. The van der Waals surface area contributed by atoms with Crippen molar-refractivity contribution in [3.63, 3.8) is 0 Å². The van der Waals surface area contributed by atoms with E-state index in [0.717, 1.165) is 67.7 Å². The number of nitrogens with one attached hydrogen (secondary N) is 1. The number of aromatic nitrogens is 2. The third-order valence-electron chi connectivity index (χ3n) is 5.72. The molecule has 1 saturated heterocycles. The summed E-state index contributed by atoms with van der Waals surface area (Å²) in [7, 11) is 0. The molecule has 1 aromatic carbocycles. The molecule has 0 saturated carbocycles. The highest BCUT2D eigenvalue weighted by Crippen LogP contribution is 2.39. The molecule has 0 radical (unpaired) electrons. The summed E-state index contributed by atoms with van der Waals surface area (Å²) in [5.41, 5.74) is 2.14. The van der Waals surface area contributed by atoms with Crippen LogP contribution in [-0.4, -0.2) is 47.7 Å². The van der Waals surface area contributed by atoms with Crippen molar-refractivity contribution in [2.45, 2.75) is 32.2 Å². The molecule has 0 bridgehead atoms. The second-order valence-corrected chi connectivity index (χ2v) is 8.77. The zero-order chi connectivity index (χ0) is 19.6. The molecule has 1 N–H and O–H groups in total. The van der Waals surface area contributed by atoms with E-state index in [2.05, 4.69) is 10.2 Å². The summed E-state index contributed by atoms with van der Waals surface area (Å²) < 4.78 is 19.4. The molecular weight excluding hydrogens is 387 g/mol. The van der Waals surface area contributed by atoms with E-state index in [9.17, 15) is 4.39 Å². The first kappa shape index (κ1) is 18.9. The molecule has 0 spiro atoms. The fourth-order valence-corrected chi connectivity index (χ4v) is 5.49. The topological polar surface area (TPSA) is 50.3 Å². The van der Waals surface area contributed by atoms with Gasteiger partial charge < -0.3 is 10.1 Å². The van der Waals surface area contributed by atoms with Crippen LogP contribution in [0.1, 0.15) is 28.2 Å². The Morgan fingerprint density at radius 3 is 2.86 bits per heavy atom. The maximum absolute atomic E-state index is 14.0. The van der Waals surface area contributed by atoms with E-state index in [1.165, 1.54) is 28.3 Å². The van der Waals surface area contributed by atoms with Crippen molar-refractivity contribution in [3.05, 3.63) is 51.9 Å².